The van der Waals surface area contributed by atoms with Gasteiger partial charge in [0.05, 0.1) is 12.1 Å². The van der Waals surface area contributed by atoms with Gasteiger partial charge in [0.2, 0.25) is 6.79 Å². The second-order valence-electron chi connectivity index (χ2n) is 8.52. The highest BCUT2D eigenvalue weighted by Gasteiger charge is 2.18. The van der Waals surface area contributed by atoms with Crippen molar-refractivity contribution in [1.82, 2.24) is 14.8 Å². The molecule has 0 saturated carbocycles. The van der Waals surface area contributed by atoms with Gasteiger partial charge in [-0.25, -0.2) is 0 Å². The second-order valence-corrected chi connectivity index (χ2v) is 8.90. The Hall–Kier alpha value is -3.10. The summed E-state index contributed by atoms with van der Waals surface area (Å²) < 4.78 is 10.9. The lowest BCUT2D eigenvalue weighted by Crippen LogP contribution is -2.38. The number of rotatable bonds is 9. The molecule has 2 heterocycles. The van der Waals surface area contributed by atoms with E-state index in [1.165, 1.54) is 0 Å². The highest BCUT2D eigenvalue weighted by Crippen LogP contribution is 2.35. The zero-order chi connectivity index (χ0) is 24.1. The fraction of sp³-hybridized carbons (Fsp3) is 0.385. The van der Waals surface area contributed by atoms with Crippen molar-refractivity contribution < 1.29 is 9.47 Å². The largest absolute Gasteiger partial charge is 0.454 e. The Morgan fingerprint density at radius 3 is 2.59 bits per heavy atom. The number of aromatic amines is 1. The van der Waals surface area contributed by atoms with Crippen molar-refractivity contribution in [3.63, 3.8) is 0 Å². The predicted molar refractivity (Wildman–Crippen MR) is 141 cm³/mol. The maximum Gasteiger partial charge on any atom is 0.253 e. The first-order valence-electron chi connectivity index (χ1n) is 11.8. The summed E-state index contributed by atoms with van der Waals surface area (Å²) in [5.74, 6) is 1.34. The molecule has 4 rings (SSSR count). The molecule has 3 aromatic rings. The highest BCUT2D eigenvalue weighted by atomic mass is 32.1. The van der Waals surface area contributed by atoms with E-state index in [1.54, 1.807) is 0 Å². The van der Waals surface area contributed by atoms with Gasteiger partial charge in [-0.05, 0) is 75.0 Å². The summed E-state index contributed by atoms with van der Waals surface area (Å²) in [6, 6.07) is 13.8. The number of benzene rings is 2. The average Bonchev–Trinajstić information content (AvgIpc) is 3.27. The summed E-state index contributed by atoms with van der Waals surface area (Å²) in [6.45, 7) is 10.8. The van der Waals surface area contributed by atoms with Crippen LogP contribution in [0, 0.1) is 6.92 Å². The monoisotopic (exact) mass is 480 g/mol. The maximum absolute atomic E-state index is 12.9. The molecule has 1 aliphatic rings. The van der Waals surface area contributed by atoms with E-state index >= 15 is 0 Å². The van der Waals surface area contributed by atoms with E-state index in [9.17, 15) is 4.79 Å². The van der Waals surface area contributed by atoms with E-state index in [4.69, 9.17) is 21.7 Å². The van der Waals surface area contributed by atoms with Gasteiger partial charge in [0.15, 0.2) is 16.6 Å². The fourth-order valence-corrected chi connectivity index (χ4v) is 4.44. The molecular formula is C26H32N4O3S. The number of aromatic nitrogens is 1. The molecule has 7 nitrogen and oxygen atoms in total. The third-order valence-electron chi connectivity index (χ3n) is 6.13. The molecule has 0 atom stereocenters. The van der Waals surface area contributed by atoms with Crippen LogP contribution in [0.2, 0.25) is 0 Å². The van der Waals surface area contributed by atoms with Crippen LogP contribution in [0.25, 0.3) is 10.9 Å². The van der Waals surface area contributed by atoms with E-state index in [0.29, 0.717) is 28.7 Å². The summed E-state index contributed by atoms with van der Waals surface area (Å²) in [6.07, 6.45) is 0.946. The lowest BCUT2D eigenvalue weighted by molar-refractivity contribution is 0.174. The summed E-state index contributed by atoms with van der Waals surface area (Å²) >= 11 is 5.79. The molecule has 0 fully saturated rings. The van der Waals surface area contributed by atoms with Crippen LogP contribution in [0.5, 0.6) is 11.5 Å². The van der Waals surface area contributed by atoms with Gasteiger partial charge in [-0.3, -0.25) is 4.79 Å². The number of thiocarbonyl (C=S) groups is 1. The zero-order valence-electron chi connectivity index (χ0n) is 20.0. The first kappa shape index (κ1) is 24.0. The van der Waals surface area contributed by atoms with Gasteiger partial charge < -0.3 is 29.6 Å². The van der Waals surface area contributed by atoms with Crippen LogP contribution in [0.3, 0.4) is 0 Å². The van der Waals surface area contributed by atoms with Crippen molar-refractivity contribution in [2.75, 3.05) is 38.3 Å². The van der Waals surface area contributed by atoms with E-state index < -0.39 is 0 Å². The predicted octanol–water partition coefficient (Wildman–Crippen LogP) is 4.50. The topological polar surface area (TPSA) is 69.8 Å². The smallest absolute Gasteiger partial charge is 0.253 e. The number of nitrogens with zero attached hydrogens (tertiary/aromatic N) is 2. The Balaban J connectivity index is 1.56. The van der Waals surface area contributed by atoms with Crippen LogP contribution in [0.1, 0.15) is 31.4 Å². The normalized spacial score (nSPS) is 12.4. The Kier molecular flexibility index (Phi) is 7.70. The lowest BCUT2D eigenvalue weighted by atomic mass is 10.1. The number of ether oxygens (including phenoxy) is 2. The first-order chi connectivity index (χ1) is 16.5. The fourth-order valence-electron chi connectivity index (χ4n) is 4.17. The minimum absolute atomic E-state index is 0.126. The number of anilines is 1. The van der Waals surface area contributed by atoms with Crippen LogP contribution < -0.4 is 20.3 Å². The summed E-state index contributed by atoms with van der Waals surface area (Å²) in [4.78, 5) is 20.4. The standard InChI is InChI=1S/C26H32N4O3S/c1-4-29(5-2)10-7-11-30(26(34)27-21-9-6-8-18(3)12-21)16-20-13-19-14-23-24(33-17-32-23)15-22(19)28-25(20)31/h6,8-9,12-15H,4-5,7,10-11,16-17H2,1-3H3,(H,27,34)(H,28,31). The van der Waals surface area contributed by atoms with Crippen molar-refractivity contribution in [1.29, 1.82) is 0 Å². The number of aryl methyl sites for hydroxylation is 1. The van der Waals surface area contributed by atoms with Crippen LogP contribution in [-0.4, -0.2) is 52.9 Å². The van der Waals surface area contributed by atoms with Crippen LogP contribution in [-0.2, 0) is 6.54 Å². The summed E-state index contributed by atoms with van der Waals surface area (Å²) in [7, 11) is 0. The molecule has 34 heavy (non-hydrogen) atoms. The van der Waals surface area contributed by atoms with Crippen molar-refractivity contribution in [3.05, 3.63) is 63.9 Å². The van der Waals surface area contributed by atoms with Gasteiger partial charge in [0.25, 0.3) is 5.56 Å². The van der Waals surface area contributed by atoms with E-state index in [0.717, 1.165) is 54.8 Å². The number of hydrogen-bond donors (Lipinski definition) is 2. The Labute approximate surface area is 205 Å². The number of hydrogen-bond acceptors (Lipinski definition) is 5. The molecule has 2 aromatic carbocycles. The van der Waals surface area contributed by atoms with E-state index in [2.05, 4.69) is 53.0 Å². The summed E-state index contributed by atoms with van der Waals surface area (Å²) in [5, 5.41) is 4.86. The molecule has 1 aliphatic heterocycles. The summed E-state index contributed by atoms with van der Waals surface area (Å²) in [5.41, 5.74) is 3.36. The molecule has 0 unspecified atom stereocenters. The second kappa shape index (κ2) is 10.9. The van der Waals surface area contributed by atoms with E-state index in [1.807, 2.05) is 30.3 Å². The van der Waals surface area contributed by atoms with Gasteiger partial charge in [0.1, 0.15) is 0 Å². The third kappa shape index (κ3) is 5.69. The molecule has 0 radical (unpaired) electrons. The average molecular weight is 481 g/mol. The van der Waals surface area contributed by atoms with E-state index in [-0.39, 0.29) is 12.4 Å². The van der Waals surface area contributed by atoms with Crippen LogP contribution in [0.4, 0.5) is 5.69 Å². The Bertz CT molecular complexity index is 1220. The van der Waals surface area contributed by atoms with Crippen molar-refractivity contribution in [2.24, 2.45) is 0 Å². The molecule has 8 heteroatoms. The van der Waals surface area contributed by atoms with Crippen molar-refractivity contribution >= 4 is 33.9 Å². The minimum Gasteiger partial charge on any atom is -0.454 e. The van der Waals surface area contributed by atoms with Gasteiger partial charge in [-0.2, -0.15) is 0 Å². The molecule has 0 bridgehead atoms. The number of H-pyrrole nitrogens is 1. The Morgan fingerprint density at radius 1 is 1.09 bits per heavy atom. The number of fused-ring (bicyclic) bond motifs is 2. The van der Waals surface area contributed by atoms with Gasteiger partial charge in [-0.1, -0.05) is 26.0 Å². The first-order valence-corrected chi connectivity index (χ1v) is 12.2. The Morgan fingerprint density at radius 2 is 1.85 bits per heavy atom. The maximum atomic E-state index is 12.9. The molecule has 180 valence electrons. The number of nitrogens with one attached hydrogen (secondary N) is 2. The van der Waals surface area contributed by atoms with Gasteiger partial charge in [0, 0.05) is 29.2 Å². The SMILES string of the molecule is CCN(CC)CCCN(Cc1cc2cc3c(cc2[nH]c1=O)OCO3)C(=S)Nc1cccc(C)c1. The molecule has 0 amide bonds. The molecule has 1 aromatic heterocycles. The highest BCUT2D eigenvalue weighted by molar-refractivity contribution is 7.80. The molecular weight excluding hydrogens is 448 g/mol. The molecule has 0 saturated heterocycles. The third-order valence-corrected chi connectivity index (χ3v) is 6.49. The number of pyridine rings is 1. The van der Waals surface area contributed by atoms with Crippen molar-refractivity contribution in [2.45, 2.75) is 33.7 Å². The van der Waals surface area contributed by atoms with Gasteiger partial charge in [-0.15, -0.1) is 0 Å². The molecule has 0 spiro atoms. The molecule has 2 N–H and O–H groups in total. The molecule has 0 aliphatic carbocycles. The van der Waals surface area contributed by atoms with Crippen LogP contribution in [0.15, 0.2) is 47.3 Å². The quantitative estimate of drug-likeness (QED) is 0.437. The zero-order valence-corrected chi connectivity index (χ0v) is 20.8. The lowest BCUT2D eigenvalue weighted by Gasteiger charge is -2.27. The van der Waals surface area contributed by atoms with Crippen LogP contribution >= 0.6 is 12.2 Å². The minimum atomic E-state index is -0.126. The van der Waals surface area contributed by atoms with Gasteiger partial charge >= 0.3 is 0 Å². The van der Waals surface area contributed by atoms with Crippen molar-refractivity contribution in [3.8, 4) is 11.5 Å².